The number of urea groups is 1. The number of aromatic amines is 2. The number of nitrogens with one attached hydrogen (secondary N) is 3. The molecular formula is C37H40N6O2. The molecule has 5 N–H and O–H groups in total. The highest BCUT2D eigenvalue weighted by Crippen LogP contribution is 2.40. The predicted octanol–water partition coefficient (Wildman–Crippen LogP) is 7.75. The van der Waals surface area contributed by atoms with Crippen LogP contribution >= 0.6 is 0 Å². The Hall–Kier alpha value is -5.34. The molecular weight excluding hydrogens is 560 g/mol. The summed E-state index contributed by atoms with van der Waals surface area (Å²) >= 11 is 0. The van der Waals surface area contributed by atoms with Gasteiger partial charge in [0.15, 0.2) is 0 Å². The molecule has 2 unspecified atom stereocenters. The zero-order chi connectivity index (χ0) is 31.6. The lowest BCUT2D eigenvalue weighted by molar-refractivity contribution is 0.129. The van der Waals surface area contributed by atoms with E-state index in [0.29, 0.717) is 18.8 Å². The standard InChI is InChI=1S/C28H26N6O.C7H8O.C2H6/c29-26-25-21(20-13-7-8-14-22(20)32-25)15-24(27-30-17-23(33-27)19-11-5-2-6-12-19)34(26)28(35)31-16-18-9-3-1-4-10-18;1-8-7-5-3-2-4-6-7;1-2/h1-14,17,24,26,32H,15-16,29H2,(H,30,33)(H,31,35);2-6H,1H3;1-2H3. The van der Waals surface area contributed by atoms with Crippen molar-refractivity contribution in [2.45, 2.75) is 39.0 Å². The summed E-state index contributed by atoms with van der Waals surface area (Å²) in [4.78, 5) is 26.8. The van der Waals surface area contributed by atoms with Crippen molar-refractivity contribution in [3.05, 3.63) is 144 Å². The maximum Gasteiger partial charge on any atom is 0.319 e. The van der Waals surface area contributed by atoms with Gasteiger partial charge in [-0.05, 0) is 34.9 Å². The van der Waals surface area contributed by atoms with Crippen molar-refractivity contribution in [1.29, 1.82) is 0 Å². The third-order valence-electron chi connectivity index (χ3n) is 7.67. The van der Waals surface area contributed by atoms with Crippen LogP contribution in [0.2, 0.25) is 0 Å². The molecule has 8 nitrogen and oxygen atoms in total. The average molecular weight is 601 g/mol. The Labute approximate surface area is 264 Å². The Kier molecular flexibility index (Phi) is 10.3. The summed E-state index contributed by atoms with van der Waals surface area (Å²) in [5.74, 6) is 1.62. The topological polar surface area (TPSA) is 112 Å². The summed E-state index contributed by atoms with van der Waals surface area (Å²) in [6, 6.07) is 37.2. The van der Waals surface area contributed by atoms with Gasteiger partial charge in [0.05, 0.1) is 30.7 Å². The van der Waals surface area contributed by atoms with E-state index >= 15 is 0 Å². The normalized spacial score (nSPS) is 15.2. The lowest BCUT2D eigenvalue weighted by Gasteiger charge is -2.39. The van der Waals surface area contributed by atoms with Crippen LogP contribution in [0.5, 0.6) is 5.75 Å². The summed E-state index contributed by atoms with van der Waals surface area (Å²) in [6.07, 6.45) is 1.78. The highest BCUT2D eigenvalue weighted by atomic mass is 16.5. The van der Waals surface area contributed by atoms with Gasteiger partial charge in [-0.1, -0.05) is 111 Å². The number of fused-ring (bicyclic) bond motifs is 3. The lowest BCUT2D eigenvalue weighted by Crippen LogP contribution is -2.50. The largest absolute Gasteiger partial charge is 0.497 e. The Morgan fingerprint density at radius 2 is 1.51 bits per heavy atom. The van der Waals surface area contributed by atoms with Crippen LogP contribution in [0.15, 0.2) is 121 Å². The van der Waals surface area contributed by atoms with Crippen LogP contribution in [0.25, 0.3) is 22.2 Å². The second-order valence-corrected chi connectivity index (χ2v) is 10.3. The predicted molar refractivity (Wildman–Crippen MR) is 181 cm³/mol. The average Bonchev–Trinajstić information content (AvgIpc) is 3.76. The Morgan fingerprint density at radius 1 is 0.889 bits per heavy atom. The molecule has 0 saturated heterocycles. The van der Waals surface area contributed by atoms with Gasteiger partial charge in [-0.15, -0.1) is 0 Å². The van der Waals surface area contributed by atoms with Gasteiger partial charge in [-0.2, -0.15) is 0 Å². The summed E-state index contributed by atoms with van der Waals surface area (Å²) in [7, 11) is 1.66. The minimum Gasteiger partial charge on any atom is -0.497 e. The van der Waals surface area contributed by atoms with Crippen LogP contribution in [-0.4, -0.2) is 33.0 Å². The number of nitrogens with two attached hydrogens (primary N) is 1. The van der Waals surface area contributed by atoms with E-state index in [2.05, 4.69) is 21.4 Å². The molecule has 0 spiro atoms. The minimum atomic E-state index is -0.641. The van der Waals surface area contributed by atoms with Gasteiger partial charge in [0, 0.05) is 23.9 Å². The van der Waals surface area contributed by atoms with Crippen LogP contribution in [0.3, 0.4) is 0 Å². The first-order valence-corrected chi connectivity index (χ1v) is 15.3. The molecule has 0 fully saturated rings. The van der Waals surface area contributed by atoms with Crippen molar-refractivity contribution in [3.8, 4) is 17.0 Å². The fourth-order valence-electron chi connectivity index (χ4n) is 5.51. The van der Waals surface area contributed by atoms with E-state index in [4.69, 9.17) is 15.5 Å². The number of amides is 2. The molecule has 2 amide bonds. The molecule has 2 atom stereocenters. The Morgan fingerprint density at radius 3 is 2.18 bits per heavy atom. The van der Waals surface area contributed by atoms with Crippen molar-refractivity contribution < 1.29 is 9.53 Å². The number of benzene rings is 4. The van der Waals surface area contributed by atoms with E-state index in [1.54, 1.807) is 12.0 Å². The molecule has 45 heavy (non-hydrogen) atoms. The van der Waals surface area contributed by atoms with Gasteiger partial charge >= 0.3 is 6.03 Å². The van der Waals surface area contributed by atoms with Gasteiger partial charge in [0.25, 0.3) is 0 Å². The summed E-state index contributed by atoms with van der Waals surface area (Å²) in [5, 5.41) is 4.18. The Balaban J connectivity index is 0.000000346. The lowest BCUT2D eigenvalue weighted by atomic mass is 9.94. The summed E-state index contributed by atoms with van der Waals surface area (Å²) < 4.78 is 4.91. The van der Waals surface area contributed by atoms with Crippen LogP contribution in [0.4, 0.5) is 4.79 Å². The molecule has 4 aromatic carbocycles. The van der Waals surface area contributed by atoms with Gasteiger partial charge in [0.2, 0.25) is 0 Å². The number of H-pyrrole nitrogens is 2. The first-order valence-electron chi connectivity index (χ1n) is 15.3. The molecule has 7 rings (SSSR count). The monoisotopic (exact) mass is 600 g/mol. The van der Waals surface area contributed by atoms with Gasteiger partial charge in [0.1, 0.15) is 17.7 Å². The second kappa shape index (κ2) is 14.9. The number of methoxy groups -OCH3 is 1. The fourth-order valence-corrected chi connectivity index (χ4v) is 5.51. The van der Waals surface area contributed by atoms with Crippen LogP contribution < -0.4 is 15.8 Å². The van der Waals surface area contributed by atoms with Crippen LogP contribution in [-0.2, 0) is 13.0 Å². The molecule has 0 bridgehead atoms. The molecule has 0 saturated carbocycles. The molecule has 0 aliphatic carbocycles. The smallest absolute Gasteiger partial charge is 0.319 e. The van der Waals surface area contributed by atoms with E-state index < -0.39 is 6.17 Å². The molecule has 230 valence electrons. The first kappa shape index (κ1) is 31.1. The number of nitrogens with zero attached hydrogens (tertiary/aromatic N) is 2. The van der Waals surface area contributed by atoms with E-state index in [0.717, 1.165) is 44.7 Å². The molecule has 6 aromatic rings. The highest BCUT2D eigenvalue weighted by molar-refractivity contribution is 5.86. The zero-order valence-corrected chi connectivity index (χ0v) is 25.9. The Bertz CT molecular complexity index is 1780. The number of ether oxygens (including phenoxy) is 1. The SMILES string of the molecule is CC.COc1ccccc1.NC1c2[nH]c3ccccc3c2CC(c2ncc(-c3ccccc3)[nH]2)N1C(=O)NCc1ccccc1. The molecule has 1 aliphatic rings. The molecule has 3 heterocycles. The number of aromatic nitrogens is 3. The first-order chi connectivity index (χ1) is 22.1. The summed E-state index contributed by atoms with van der Waals surface area (Å²) in [5.41, 5.74) is 12.7. The number of para-hydroxylation sites is 2. The summed E-state index contributed by atoms with van der Waals surface area (Å²) in [6.45, 7) is 4.42. The number of rotatable bonds is 5. The van der Waals surface area contributed by atoms with E-state index in [-0.39, 0.29) is 12.1 Å². The maximum atomic E-state index is 13.5. The zero-order valence-electron chi connectivity index (χ0n) is 25.9. The molecule has 1 aliphatic heterocycles. The number of carbonyl (C=O) groups is 1. The fraction of sp³-hybridized carbons (Fsp3) is 0.189. The molecule has 8 heteroatoms. The number of carbonyl (C=O) groups excluding carboxylic acids is 1. The number of hydrogen-bond donors (Lipinski definition) is 4. The van der Waals surface area contributed by atoms with Crippen LogP contribution in [0, 0.1) is 0 Å². The van der Waals surface area contributed by atoms with Crippen molar-refractivity contribution in [3.63, 3.8) is 0 Å². The van der Waals surface area contributed by atoms with E-state index in [1.165, 1.54) is 0 Å². The third-order valence-corrected chi connectivity index (χ3v) is 7.67. The third kappa shape index (κ3) is 7.08. The van der Waals surface area contributed by atoms with Crippen molar-refractivity contribution in [2.75, 3.05) is 7.11 Å². The second-order valence-electron chi connectivity index (χ2n) is 10.3. The highest BCUT2D eigenvalue weighted by Gasteiger charge is 2.40. The van der Waals surface area contributed by atoms with Gasteiger partial charge in [-0.3, -0.25) is 4.90 Å². The molecule has 0 radical (unpaired) electrons. The van der Waals surface area contributed by atoms with Crippen molar-refractivity contribution in [1.82, 2.24) is 25.2 Å². The van der Waals surface area contributed by atoms with Crippen molar-refractivity contribution >= 4 is 16.9 Å². The molecule has 2 aromatic heterocycles. The van der Waals surface area contributed by atoms with E-state index in [1.807, 2.05) is 129 Å². The van der Waals surface area contributed by atoms with E-state index in [9.17, 15) is 4.79 Å². The van der Waals surface area contributed by atoms with Crippen LogP contribution in [0.1, 0.15) is 48.7 Å². The quantitative estimate of drug-likeness (QED) is 0.162. The number of imidazole rings is 1. The maximum absolute atomic E-state index is 13.5. The number of hydrogen-bond acceptors (Lipinski definition) is 4. The van der Waals surface area contributed by atoms with Gasteiger partial charge in [-0.25, -0.2) is 9.78 Å². The van der Waals surface area contributed by atoms with Gasteiger partial charge < -0.3 is 25.8 Å². The van der Waals surface area contributed by atoms with Crippen molar-refractivity contribution in [2.24, 2.45) is 5.73 Å². The minimum absolute atomic E-state index is 0.228.